The fraction of sp³-hybridized carbons (Fsp3) is 0.538. The molecule has 1 aliphatic carbocycles. The fourth-order valence-corrected chi connectivity index (χ4v) is 2.94. The molecule has 1 aromatic rings. The van der Waals surface area contributed by atoms with Gasteiger partial charge in [-0.1, -0.05) is 19.8 Å². The Kier molecular flexibility index (Phi) is 3.74. The van der Waals surface area contributed by atoms with Crippen molar-refractivity contribution in [3.8, 4) is 0 Å². The van der Waals surface area contributed by atoms with Crippen LogP contribution in [0.2, 0.25) is 0 Å². The summed E-state index contributed by atoms with van der Waals surface area (Å²) in [5.74, 6) is 0.846. The molecule has 3 N–H and O–H groups in total. The highest BCUT2D eigenvalue weighted by Gasteiger charge is 2.18. The van der Waals surface area contributed by atoms with Crippen molar-refractivity contribution in [3.63, 3.8) is 0 Å². The fourth-order valence-electron chi connectivity index (χ4n) is 2.43. The lowest BCUT2D eigenvalue weighted by atomic mass is 9.87. The number of hydrogen-bond donors (Lipinski definition) is 2. The van der Waals surface area contributed by atoms with E-state index in [1.807, 2.05) is 12.1 Å². The molecule has 2 nitrogen and oxygen atoms in total. The van der Waals surface area contributed by atoms with Crippen LogP contribution in [0.4, 0.5) is 11.4 Å². The first-order valence-electron chi connectivity index (χ1n) is 5.96. The van der Waals surface area contributed by atoms with E-state index in [1.165, 1.54) is 25.7 Å². The van der Waals surface area contributed by atoms with E-state index >= 15 is 0 Å². The van der Waals surface area contributed by atoms with E-state index in [9.17, 15) is 0 Å². The Hall–Kier alpha value is -0.700. The van der Waals surface area contributed by atoms with Crippen LogP contribution in [0.3, 0.4) is 0 Å². The Labute approximate surface area is 106 Å². The molecule has 0 bridgehead atoms. The maximum atomic E-state index is 5.72. The van der Waals surface area contributed by atoms with Crippen molar-refractivity contribution in [1.29, 1.82) is 0 Å². The van der Waals surface area contributed by atoms with Gasteiger partial charge >= 0.3 is 0 Å². The standard InChI is InChI=1S/C13H19BrN2/c1-9-3-2-4-11(7-9)16-13-6-5-10(15)8-12(13)14/h5-6,8-9,11,16H,2-4,7,15H2,1H3. The molecule has 1 aromatic carbocycles. The maximum Gasteiger partial charge on any atom is 0.0488 e. The zero-order valence-electron chi connectivity index (χ0n) is 9.67. The summed E-state index contributed by atoms with van der Waals surface area (Å²) in [4.78, 5) is 0. The van der Waals surface area contributed by atoms with E-state index in [0.29, 0.717) is 6.04 Å². The third kappa shape index (κ3) is 2.91. The first-order chi connectivity index (χ1) is 7.65. The summed E-state index contributed by atoms with van der Waals surface area (Å²) in [6.07, 6.45) is 5.27. The summed E-state index contributed by atoms with van der Waals surface area (Å²) < 4.78 is 1.06. The molecule has 0 amide bonds. The van der Waals surface area contributed by atoms with Gasteiger partial charge < -0.3 is 11.1 Å². The lowest BCUT2D eigenvalue weighted by molar-refractivity contribution is 0.358. The van der Waals surface area contributed by atoms with E-state index in [-0.39, 0.29) is 0 Å². The third-order valence-corrected chi connectivity index (χ3v) is 3.95. The monoisotopic (exact) mass is 282 g/mol. The molecule has 0 aliphatic heterocycles. The zero-order chi connectivity index (χ0) is 11.5. The van der Waals surface area contributed by atoms with Gasteiger partial charge in [-0.3, -0.25) is 0 Å². The van der Waals surface area contributed by atoms with E-state index in [1.54, 1.807) is 0 Å². The highest BCUT2D eigenvalue weighted by atomic mass is 79.9. The second-order valence-electron chi connectivity index (χ2n) is 4.85. The molecule has 3 heteroatoms. The second-order valence-corrected chi connectivity index (χ2v) is 5.71. The highest BCUT2D eigenvalue weighted by molar-refractivity contribution is 9.10. The number of anilines is 2. The van der Waals surface area contributed by atoms with Crippen LogP contribution < -0.4 is 11.1 Å². The molecule has 1 saturated carbocycles. The number of nitrogens with two attached hydrogens (primary N) is 1. The van der Waals surface area contributed by atoms with Crippen molar-refractivity contribution in [2.45, 2.75) is 38.6 Å². The Balaban J connectivity index is 2.02. The summed E-state index contributed by atoms with van der Waals surface area (Å²) in [6, 6.07) is 6.57. The van der Waals surface area contributed by atoms with Gasteiger partial charge in [0.2, 0.25) is 0 Å². The first kappa shape index (κ1) is 11.8. The van der Waals surface area contributed by atoms with Gasteiger partial charge in [-0.2, -0.15) is 0 Å². The normalized spacial score (nSPS) is 25.4. The van der Waals surface area contributed by atoms with Gasteiger partial charge in [0, 0.05) is 21.9 Å². The van der Waals surface area contributed by atoms with Gasteiger partial charge in [0.05, 0.1) is 0 Å². The van der Waals surface area contributed by atoms with Crippen molar-refractivity contribution in [1.82, 2.24) is 0 Å². The molecule has 0 spiro atoms. The summed E-state index contributed by atoms with van der Waals surface area (Å²) >= 11 is 3.55. The molecule has 1 fully saturated rings. The van der Waals surface area contributed by atoms with Crippen molar-refractivity contribution >= 4 is 27.3 Å². The van der Waals surface area contributed by atoms with Crippen LogP contribution in [0, 0.1) is 5.92 Å². The molecule has 2 rings (SSSR count). The predicted octanol–water partition coefficient (Wildman–Crippen LogP) is 4.02. The van der Waals surface area contributed by atoms with Crippen LogP contribution in [-0.2, 0) is 0 Å². The number of rotatable bonds is 2. The molecule has 0 radical (unpaired) electrons. The molecule has 16 heavy (non-hydrogen) atoms. The van der Waals surface area contributed by atoms with Crippen LogP contribution >= 0.6 is 15.9 Å². The van der Waals surface area contributed by atoms with Crippen LogP contribution in [0.15, 0.2) is 22.7 Å². The minimum Gasteiger partial charge on any atom is -0.399 e. The number of hydrogen-bond acceptors (Lipinski definition) is 2. The molecule has 88 valence electrons. The van der Waals surface area contributed by atoms with Crippen LogP contribution in [0.25, 0.3) is 0 Å². The molecule has 2 atom stereocenters. The summed E-state index contributed by atoms with van der Waals surface area (Å²) in [6.45, 7) is 2.34. The van der Waals surface area contributed by atoms with Crippen molar-refractivity contribution < 1.29 is 0 Å². The van der Waals surface area contributed by atoms with Gasteiger partial charge in [-0.25, -0.2) is 0 Å². The molecular formula is C13H19BrN2. The molecule has 0 heterocycles. The number of halogens is 1. The average molecular weight is 283 g/mol. The summed E-state index contributed by atoms with van der Waals surface area (Å²) in [5.41, 5.74) is 7.69. The lowest BCUT2D eigenvalue weighted by Crippen LogP contribution is -2.26. The lowest BCUT2D eigenvalue weighted by Gasteiger charge is -2.28. The molecule has 0 aromatic heterocycles. The van der Waals surface area contributed by atoms with Gasteiger partial charge in [-0.05, 0) is 52.9 Å². The first-order valence-corrected chi connectivity index (χ1v) is 6.76. The van der Waals surface area contributed by atoms with Gasteiger partial charge in [0.1, 0.15) is 0 Å². The zero-order valence-corrected chi connectivity index (χ0v) is 11.3. The molecule has 2 unspecified atom stereocenters. The second kappa shape index (κ2) is 5.09. The Morgan fingerprint density at radius 3 is 2.88 bits per heavy atom. The topological polar surface area (TPSA) is 38.0 Å². The predicted molar refractivity (Wildman–Crippen MR) is 73.6 cm³/mol. The van der Waals surface area contributed by atoms with E-state index in [2.05, 4.69) is 34.2 Å². The number of benzene rings is 1. The van der Waals surface area contributed by atoms with E-state index < -0.39 is 0 Å². The largest absolute Gasteiger partial charge is 0.399 e. The highest BCUT2D eigenvalue weighted by Crippen LogP contribution is 2.30. The summed E-state index contributed by atoms with van der Waals surface area (Å²) in [5, 5.41) is 3.60. The van der Waals surface area contributed by atoms with Crippen molar-refractivity contribution in [2.24, 2.45) is 5.92 Å². The third-order valence-electron chi connectivity index (χ3n) is 3.29. The van der Waals surface area contributed by atoms with Crippen LogP contribution in [0.1, 0.15) is 32.6 Å². The maximum absolute atomic E-state index is 5.72. The van der Waals surface area contributed by atoms with Gasteiger partial charge in [-0.15, -0.1) is 0 Å². The molecule has 1 aliphatic rings. The number of nitrogens with one attached hydrogen (secondary N) is 1. The van der Waals surface area contributed by atoms with E-state index in [4.69, 9.17) is 5.73 Å². The summed E-state index contributed by atoms with van der Waals surface area (Å²) in [7, 11) is 0. The van der Waals surface area contributed by atoms with Gasteiger partial charge in [0.15, 0.2) is 0 Å². The molecular weight excluding hydrogens is 264 g/mol. The van der Waals surface area contributed by atoms with Crippen LogP contribution in [-0.4, -0.2) is 6.04 Å². The van der Waals surface area contributed by atoms with Gasteiger partial charge in [0.25, 0.3) is 0 Å². The van der Waals surface area contributed by atoms with Crippen LogP contribution in [0.5, 0.6) is 0 Å². The Morgan fingerprint density at radius 2 is 2.19 bits per heavy atom. The Morgan fingerprint density at radius 1 is 1.38 bits per heavy atom. The average Bonchev–Trinajstić information content (AvgIpc) is 2.22. The quantitative estimate of drug-likeness (QED) is 0.804. The van der Waals surface area contributed by atoms with Crippen molar-refractivity contribution in [3.05, 3.63) is 22.7 Å². The van der Waals surface area contributed by atoms with Crippen molar-refractivity contribution in [2.75, 3.05) is 11.1 Å². The smallest absolute Gasteiger partial charge is 0.0488 e. The minimum atomic E-state index is 0.615. The Bertz CT molecular complexity index is 365. The molecule has 0 saturated heterocycles. The minimum absolute atomic E-state index is 0.615. The number of nitrogen functional groups attached to an aromatic ring is 1. The SMILES string of the molecule is CC1CCCC(Nc2ccc(N)cc2Br)C1. The van der Waals surface area contributed by atoms with E-state index in [0.717, 1.165) is 21.8 Å².